The van der Waals surface area contributed by atoms with Gasteiger partial charge in [0, 0.05) is 12.8 Å². The van der Waals surface area contributed by atoms with E-state index in [1.54, 1.807) is 0 Å². The molecule has 0 aliphatic carbocycles. The Morgan fingerprint density at radius 1 is 1.21 bits per heavy atom. The van der Waals surface area contributed by atoms with Crippen LogP contribution in [0, 0.1) is 0 Å². The van der Waals surface area contributed by atoms with E-state index in [1.807, 2.05) is 0 Å². The number of nitrogens with zero attached hydrogens (tertiary/aromatic N) is 1. The molecule has 7 heteroatoms. The minimum atomic E-state index is -2.38. The van der Waals surface area contributed by atoms with Gasteiger partial charge in [-0.05, 0) is 6.42 Å². The normalized spacial score (nSPS) is 15.8. The van der Waals surface area contributed by atoms with Gasteiger partial charge in [-0.1, -0.05) is 0 Å². The summed E-state index contributed by atoms with van der Waals surface area (Å²) in [4.78, 5) is 32.8. The Hall–Kier alpha value is -1.63. The van der Waals surface area contributed by atoms with Gasteiger partial charge in [-0.3, -0.25) is 14.4 Å². The number of aliphatic carboxylic acids is 2. The summed E-state index contributed by atoms with van der Waals surface area (Å²) >= 11 is 0. The number of carboxylic acids is 2. The molecule has 0 aliphatic heterocycles. The lowest BCUT2D eigenvalue weighted by Gasteiger charge is -2.28. The molecule has 0 saturated heterocycles. The van der Waals surface area contributed by atoms with Crippen molar-refractivity contribution in [2.45, 2.75) is 31.8 Å². The summed E-state index contributed by atoms with van der Waals surface area (Å²) in [7, 11) is 2.78. The van der Waals surface area contributed by atoms with Gasteiger partial charge < -0.3 is 19.4 Å². The second kappa shape index (κ2) is 7.73. The topological polar surface area (TPSA) is 101 Å². The van der Waals surface area contributed by atoms with Crippen LogP contribution in [-0.2, 0) is 19.1 Å². The predicted octanol–water partition coefficient (Wildman–Crippen LogP) is 0.334. The Kier molecular flexibility index (Phi) is 5.05. The zero-order valence-electron chi connectivity index (χ0n) is 14.1. The highest BCUT2D eigenvalue weighted by Crippen LogP contribution is 2.08. The van der Waals surface area contributed by atoms with Crippen LogP contribution in [0.2, 0.25) is 0 Å². The molecule has 0 aromatic heterocycles. The summed E-state index contributed by atoms with van der Waals surface area (Å²) in [5, 5.41) is 17.3. The Balaban J connectivity index is 4.68. The number of carbonyl (C=O) groups is 3. The smallest absolute Gasteiger partial charge is 0.307 e. The largest absolute Gasteiger partial charge is 0.481 e. The van der Waals surface area contributed by atoms with Crippen LogP contribution in [0.4, 0.5) is 0 Å². The number of hydrogen-bond acceptors (Lipinski definition) is 4. The molecule has 0 aromatic rings. The van der Waals surface area contributed by atoms with E-state index in [1.165, 1.54) is 14.1 Å². The highest BCUT2D eigenvalue weighted by molar-refractivity contribution is 5.72. The SMILES string of the molecule is [2H]C([2H])([2H])[N+](C)(C)C[C@@H](CC(=O)O)OC(=O)CCCC(=O)O. The van der Waals surface area contributed by atoms with Crippen molar-refractivity contribution in [1.29, 1.82) is 0 Å². The van der Waals surface area contributed by atoms with E-state index >= 15 is 0 Å². The fourth-order valence-corrected chi connectivity index (χ4v) is 1.48. The molecular weight excluding hydrogens is 254 g/mol. The van der Waals surface area contributed by atoms with Gasteiger partial charge in [-0.15, -0.1) is 0 Å². The lowest BCUT2D eigenvalue weighted by molar-refractivity contribution is -0.873. The molecule has 19 heavy (non-hydrogen) atoms. The Labute approximate surface area is 116 Å². The van der Waals surface area contributed by atoms with Gasteiger partial charge in [0.05, 0.1) is 31.6 Å². The Bertz CT molecular complexity index is 422. The van der Waals surface area contributed by atoms with E-state index in [2.05, 4.69) is 0 Å². The summed E-state index contributed by atoms with van der Waals surface area (Å²) in [6, 6.07) is 0. The Morgan fingerprint density at radius 2 is 1.84 bits per heavy atom. The molecule has 0 unspecified atom stereocenters. The van der Waals surface area contributed by atoms with E-state index in [-0.39, 0.29) is 25.8 Å². The number of hydrogen-bond donors (Lipinski definition) is 2. The lowest BCUT2D eigenvalue weighted by Crippen LogP contribution is -2.43. The molecule has 2 N–H and O–H groups in total. The molecule has 110 valence electrons. The summed E-state index contributed by atoms with van der Waals surface area (Å²) in [6.07, 6.45) is -1.89. The number of carbonyl (C=O) groups excluding carboxylic acids is 1. The van der Waals surface area contributed by atoms with Gasteiger partial charge in [-0.2, -0.15) is 0 Å². The van der Waals surface area contributed by atoms with Crippen LogP contribution in [0.3, 0.4) is 0 Å². The molecule has 1 atom stereocenters. The Morgan fingerprint density at radius 3 is 2.32 bits per heavy atom. The first-order chi connectivity index (χ1) is 9.85. The van der Waals surface area contributed by atoms with Crippen molar-refractivity contribution in [3.8, 4) is 0 Å². The highest BCUT2D eigenvalue weighted by atomic mass is 16.5. The summed E-state index contributed by atoms with van der Waals surface area (Å²) < 4.78 is 26.7. The van der Waals surface area contributed by atoms with E-state index in [0.717, 1.165) is 0 Å². The summed E-state index contributed by atoms with van der Waals surface area (Å²) in [5.41, 5.74) is 0. The molecular formula is C12H22NO6+. The van der Waals surface area contributed by atoms with E-state index in [0.29, 0.717) is 0 Å². The van der Waals surface area contributed by atoms with Crippen LogP contribution in [0.1, 0.15) is 29.8 Å². The molecule has 0 aromatic carbocycles. The summed E-state index contributed by atoms with van der Waals surface area (Å²) in [5.74, 6) is -3.00. The first-order valence-corrected chi connectivity index (χ1v) is 5.81. The van der Waals surface area contributed by atoms with Gasteiger partial charge in [0.1, 0.15) is 6.54 Å². The van der Waals surface area contributed by atoms with Crippen molar-refractivity contribution in [1.82, 2.24) is 0 Å². The van der Waals surface area contributed by atoms with Crippen LogP contribution in [0.5, 0.6) is 0 Å². The minimum Gasteiger partial charge on any atom is -0.481 e. The molecule has 0 amide bonds. The third-order valence-corrected chi connectivity index (χ3v) is 2.13. The van der Waals surface area contributed by atoms with Gasteiger partial charge in [0.25, 0.3) is 0 Å². The van der Waals surface area contributed by atoms with Crippen molar-refractivity contribution in [2.75, 3.05) is 27.6 Å². The molecule has 0 spiro atoms. The van der Waals surface area contributed by atoms with Gasteiger partial charge in [0.15, 0.2) is 6.10 Å². The second-order valence-electron chi connectivity index (χ2n) is 4.82. The van der Waals surface area contributed by atoms with Crippen LogP contribution in [0.15, 0.2) is 0 Å². The van der Waals surface area contributed by atoms with Crippen LogP contribution >= 0.6 is 0 Å². The number of rotatable bonds is 9. The summed E-state index contributed by atoms with van der Waals surface area (Å²) in [6.45, 7) is -2.57. The quantitative estimate of drug-likeness (QED) is 0.466. The van der Waals surface area contributed by atoms with Gasteiger partial charge in [-0.25, -0.2) is 0 Å². The van der Waals surface area contributed by atoms with E-state index in [4.69, 9.17) is 19.1 Å². The molecule has 0 bridgehead atoms. The lowest BCUT2D eigenvalue weighted by atomic mass is 10.2. The molecule has 0 saturated carbocycles. The maximum Gasteiger partial charge on any atom is 0.307 e. The molecule has 0 rings (SSSR count). The minimum absolute atomic E-state index is 0.0749. The zero-order chi connectivity index (χ0) is 17.6. The standard InChI is InChI=1S/C12H21NO6/c1-13(2,3)8-9(7-11(16)17)19-12(18)6-4-5-10(14)15/h9H,4-8H2,1-3H3,(H-,14,15,16,17)/p+1/t9-/m1/s1/i1D3. The number of likely N-dealkylation sites (N-methyl/N-ethyl adjacent to an activating group) is 1. The maximum absolute atomic E-state index is 11.6. The fourth-order valence-electron chi connectivity index (χ4n) is 1.48. The molecule has 7 nitrogen and oxygen atoms in total. The van der Waals surface area contributed by atoms with E-state index in [9.17, 15) is 14.4 Å². The average Bonchev–Trinajstić information content (AvgIpc) is 2.24. The van der Waals surface area contributed by atoms with Crippen LogP contribution in [0.25, 0.3) is 0 Å². The van der Waals surface area contributed by atoms with Crippen molar-refractivity contribution >= 4 is 17.9 Å². The number of esters is 1. The predicted molar refractivity (Wildman–Crippen MR) is 66.5 cm³/mol. The van der Waals surface area contributed by atoms with Crippen molar-refractivity contribution in [3.63, 3.8) is 0 Å². The van der Waals surface area contributed by atoms with Crippen molar-refractivity contribution < 1.29 is 37.9 Å². The zero-order valence-corrected chi connectivity index (χ0v) is 11.1. The van der Waals surface area contributed by atoms with Gasteiger partial charge >= 0.3 is 17.9 Å². The monoisotopic (exact) mass is 279 g/mol. The van der Waals surface area contributed by atoms with Crippen molar-refractivity contribution in [3.05, 3.63) is 0 Å². The highest BCUT2D eigenvalue weighted by Gasteiger charge is 2.24. The molecule has 0 heterocycles. The van der Waals surface area contributed by atoms with E-state index < -0.39 is 41.9 Å². The number of ether oxygens (including phenoxy) is 1. The second-order valence-corrected chi connectivity index (χ2v) is 4.82. The molecule has 0 radical (unpaired) electrons. The average molecular weight is 279 g/mol. The first kappa shape index (κ1) is 12.4. The number of carboxylic acid groups (broad SMARTS) is 2. The van der Waals surface area contributed by atoms with Crippen molar-refractivity contribution in [2.24, 2.45) is 0 Å². The van der Waals surface area contributed by atoms with Crippen LogP contribution in [-0.4, -0.2) is 66.3 Å². The maximum atomic E-state index is 11.6. The molecule has 0 fully saturated rings. The molecule has 0 aliphatic rings. The van der Waals surface area contributed by atoms with Crippen LogP contribution < -0.4 is 0 Å². The third-order valence-electron chi connectivity index (χ3n) is 2.13. The fraction of sp³-hybridized carbons (Fsp3) is 0.750. The van der Waals surface area contributed by atoms with Gasteiger partial charge in [0.2, 0.25) is 0 Å². The third kappa shape index (κ3) is 11.2. The number of quaternary nitrogens is 1. The first-order valence-electron chi connectivity index (χ1n) is 7.31.